The van der Waals surface area contributed by atoms with Crippen LogP contribution in [0, 0.1) is 5.92 Å². The van der Waals surface area contributed by atoms with Crippen LogP contribution >= 0.6 is 11.6 Å². The molecule has 0 radical (unpaired) electrons. The van der Waals surface area contributed by atoms with Gasteiger partial charge in [-0.05, 0) is 25.3 Å². The highest BCUT2D eigenvalue weighted by atomic mass is 35.5. The summed E-state index contributed by atoms with van der Waals surface area (Å²) < 4.78 is 38.1. The number of aromatic nitrogens is 1. The molecule has 140 valence electrons. The molecule has 0 aliphatic carbocycles. The van der Waals surface area contributed by atoms with Crippen LogP contribution in [0.25, 0.3) is 0 Å². The van der Waals surface area contributed by atoms with Crippen molar-refractivity contribution < 1.29 is 18.0 Å². The van der Waals surface area contributed by atoms with Crippen molar-refractivity contribution >= 4 is 23.3 Å². The van der Waals surface area contributed by atoms with Crippen molar-refractivity contribution in [2.45, 2.75) is 38.8 Å². The average Bonchev–Trinajstić information content (AvgIpc) is 2.58. The van der Waals surface area contributed by atoms with E-state index in [4.69, 9.17) is 11.6 Å². The topological polar surface area (TPSA) is 36.4 Å². The maximum Gasteiger partial charge on any atom is 0.417 e. The molecule has 2 rings (SSSR count). The first kappa shape index (κ1) is 19.8. The second kappa shape index (κ2) is 8.25. The average molecular weight is 378 g/mol. The molecule has 1 aliphatic heterocycles. The lowest BCUT2D eigenvalue weighted by atomic mass is 9.95. The molecule has 25 heavy (non-hydrogen) atoms. The van der Waals surface area contributed by atoms with Crippen molar-refractivity contribution in [1.29, 1.82) is 0 Å². The van der Waals surface area contributed by atoms with E-state index in [1.807, 2.05) is 11.9 Å². The number of hydrogen-bond donors (Lipinski definition) is 0. The van der Waals surface area contributed by atoms with E-state index in [2.05, 4.69) is 11.9 Å². The number of amides is 1. The number of carbonyl (C=O) groups excluding carboxylic acids is 1. The highest BCUT2D eigenvalue weighted by Gasteiger charge is 2.33. The summed E-state index contributed by atoms with van der Waals surface area (Å²) in [5.41, 5.74) is -0.858. The van der Waals surface area contributed by atoms with Crippen LogP contribution in [-0.2, 0) is 11.0 Å². The predicted molar refractivity (Wildman–Crippen MR) is 91.7 cm³/mol. The Hall–Kier alpha value is -1.50. The smallest absolute Gasteiger partial charge is 0.355 e. The molecule has 4 nitrogen and oxygen atoms in total. The van der Waals surface area contributed by atoms with Gasteiger partial charge in [0.2, 0.25) is 5.91 Å². The molecular formula is C17H23ClF3N3O. The Bertz CT molecular complexity index is 601. The van der Waals surface area contributed by atoms with Crippen LogP contribution in [-0.4, -0.2) is 42.5 Å². The van der Waals surface area contributed by atoms with Gasteiger partial charge in [0.25, 0.3) is 0 Å². The summed E-state index contributed by atoms with van der Waals surface area (Å²) in [5, 5.41) is -0.0142. The number of hydrogen-bond acceptors (Lipinski definition) is 3. The second-order valence-electron chi connectivity index (χ2n) is 6.40. The number of alkyl halides is 3. The van der Waals surface area contributed by atoms with Crippen LogP contribution in [0.2, 0.25) is 5.02 Å². The largest absolute Gasteiger partial charge is 0.417 e. The SMILES string of the molecule is CCCCN(C)C(=O)C1CCN(c2ncc(C(F)(F)F)cc2Cl)CC1. The molecule has 0 N–H and O–H groups in total. The van der Waals surface area contributed by atoms with Gasteiger partial charge < -0.3 is 9.80 Å². The normalized spacial score (nSPS) is 16.2. The van der Waals surface area contributed by atoms with E-state index in [0.717, 1.165) is 31.6 Å². The monoisotopic (exact) mass is 377 g/mol. The van der Waals surface area contributed by atoms with Crippen molar-refractivity contribution in [3.05, 3.63) is 22.8 Å². The molecule has 0 aromatic carbocycles. The van der Waals surface area contributed by atoms with E-state index in [0.29, 0.717) is 31.7 Å². The molecule has 0 unspecified atom stereocenters. The van der Waals surface area contributed by atoms with Gasteiger partial charge in [0.05, 0.1) is 10.6 Å². The molecule has 8 heteroatoms. The van der Waals surface area contributed by atoms with Crippen LogP contribution in [0.1, 0.15) is 38.2 Å². The highest BCUT2D eigenvalue weighted by Crippen LogP contribution is 2.34. The first-order valence-electron chi connectivity index (χ1n) is 8.46. The van der Waals surface area contributed by atoms with E-state index in [9.17, 15) is 18.0 Å². The fourth-order valence-corrected chi connectivity index (χ4v) is 3.26. The number of piperidine rings is 1. The highest BCUT2D eigenvalue weighted by molar-refractivity contribution is 6.33. The Morgan fingerprint density at radius 3 is 2.56 bits per heavy atom. The number of anilines is 1. The summed E-state index contributed by atoms with van der Waals surface area (Å²) in [6.07, 6.45) is -0.350. The Balaban J connectivity index is 1.97. The van der Waals surface area contributed by atoms with Crippen molar-refractivity contribution in [2.24, 2.45) is 5.92 Å². The summed E-state index contributed by atoms with van der Waals surface area (Å²) in [5.74, 6) is 0.436. The third-order valence-electron chi connectivity index (χ3n) is 4.52. The molecule has 1 aliphatic rings. The Morgan fingerprint density at radius 2 is 2.04 bits per heavy atom. The van der Waals surface area contributed by atoms with Crippen LogP contribution in [0.5, 0.6) is 0 Å². The lowest BCUT2D eigenvalue weighted by molar-refractivity contribution is -0.138. The van der Waals surface area contributed by atoms with Gasteiger partial charge in [-0.2, -0.15) is 13.2 Å². The number of unbranched alkanes of at least 4 members (excludes halogenated alkanes) is 1. The quantitative estimate of drug-likeness (QED) is 0.770. The maximum atomic E-state index is 12.7. The number of halogens is 4. The summed E-state index contributed by atoms with van der Waals surface area (Å²) in [4.78, 5) is 19.9. The molecule has 0 bridgehead atoms. The minimum Gasteiger partial charge on any atom is -0.355 e. The van der Waals surface area contributed by atoms with Gasteiger partial charge in [0.1, 0.15) is 5.82 Å². The zero-order valence-corrected chi connectivity index (χ0v) is 15.2. The van der Waals surface area contributed by atoms with Crippen LogP contribution < -0.4 is 4.90 Å². The summed E-state index contributed by atoms with van der Waals surface area (Å²) >= 11 is 6.00. The van der Waals surface area contributed by atoms with Crippen molar-refractivity contribution in [3.63, 3.8) is 0 Å². The van der Waals surface area contributed by atoms with Crippen molar-refractivity contribution in [1.82, 2.24) is 9.88 Å². The first-order valence-corrected chi connectivity index (χ1v) is 8.84. The number of carbonyl (C=O) groups is 1. The third kappa shape index (κ3) is 5.00. The van der Waals surface area contributed by atoms with Gasteiger partial charge in [-0.3, -0.25) is 4.79 Å². The Morgan fingerprint density at radius 1 is 1.40 bits per heavy atom. The molecular weight excluding hydrogens is 355 g/mol. The first-order chi connectivity index (χ1) is 11.7. The molecule has 0 saturated carbocycles. The third-order valence-corrected chi connectivity index (χ3v) is 4.79. The zero-order valence-electron chi connectivity index (χ0n) is 14.4. The van der Waals surface area contributed by atoms with Gasteiger partial charge in [-0.1, -0.05) is 24.9 Å². The van der Waals surface area contributed by atoms with E-state index >= 15 is 0 Å². The zero-order chi connectivity index (χ0) is 18.6. The number of rotatable bonds is 5. The minimum atomic E-state index is -4.46. The predicted octanol–water partition coefficient (Wildman–Crippen LogP) is 4.23. The molecule has 0 spiro atoms. The Labute approximate surface area is 151 Å². The molecule has 1 saturated heterocycles. The van der Waals surface area contributed by atoms with Crippen molar-refractivity contribution in [2.75, 3.05) is 31.6 Å². The maximum absolute atomic E-state index is 12.7. The molecule has 1 amide bonds. The second-order valence-corrected chi connectivity index (χ2v) is 6.81. The summed E-state index contributed by atoms with van der Waals surface area (Å²) in [7, 11) is 1.82. The van der Waals surface area contributed by atoms with E-state index < -0.39 is 11.7 Å². The fourth-order valence-electron chi connectivity index (χ4n) is 2.97. The van der Waals surface area contributed by atoms with Crippen LogP contribution in [0.4, 0.5) is 19.0 Å². The molecule has 2 heterocycles. The van der Waals surface area contributed by atoms with Gasteiger partial charge in [-0.15, -0.1) is 0 Å². The number of nitrogens with zero attached hydrogens (tertiary/aromatic N) is 3. The molecule has 1 fully saturated rings. The van der Waals surface area contributed by atoms with Gasteiger partial charge >= 0.3 is 6.18 Å². The molecule has 0 atom stereocenters. The summed E-state index contributed by atoms with van der Waals surface area (Å²) in [6.45, 7) is 3.94. The fraction of sp³-hybridized carbons (Fsp3) is 0.647. The van der Waals surface area contributed by atoms with Gasteiger partial charge in [0, 0.05) is 38.8 Å². The summed E-state index contributed by atoms with van der Waals surface area (Å²) in [6, 6.07) is 0.902. The van der Waals surface area contributed by atoms with E-state index in [1.54, 1.807) is 4.90 Å². The van der Waals surface area contributed by atoms with Crippen LogP contribution in [0.3, 0.4) is 0 Å². The molecule has 1 aromatic rings. The van der Waals surface area contributed by atoms with E-state index in [-0.39, 0.29) is 16.8 Å². The lowest BCUT2D eigenvalue weighted by Crippen LogP contribution is -2.41. The standard InChI is InChI=1S/C17H23ClF3N3O/c1-3-4-7-23(2)16(25)12-5-8-24(9-6-12)15-14(18)10-13(11-22-15)17(19,20)21/h10-12H,3-9H2,1-2H3. The number of pyridine rings is 1. The molecule has 1 aromatic heterocycles. The van der Waals surface area contributed by atoms with Crippen molar-refractivity contribution in [3.8, 4) is 0 Å². The van der Waals surface area contributed by atoms with Gasteiger partial charge in [0.15, 0.2) is 0 Å². The van der Waals surface area contributed by atoms with E-state index in [1.165, 1.54) is 0 Å². The Kier molecular flexibility index (Phi) is 6.54. The van der Waals surface area contributed by atoms with Gasteiger partial charge in [-0.25, -0.2) is 4.98 Å². The minimum absolute atomic E-state index is 0.0142. The lowest BCUT2D eigenvalue weighted by Gasteiger charge is -2.34. The van der Waals surface area contributed by atoms with Crippen LogP contribution in [0.15, 0.2) is 12.3 Å².